The number of rotatable bonds is 4. The second-order valence-corrected chi connectivity index (χ2v) is 8.14. The lowest BCUT2D eigenvalue weighted by molar-refractivity contribution is 0.191. The molecule has 1 unspecified atom stereocenters. The zero-order valence-corrected chi connectivity index (χ0v) is 16.7. The third-order valence-corrected chi connectivity index (χ3v) is 5.14. The van der Waals surface area contributed by atoms with Crippen LogP contribution >= 0.6 is 0 Å². The van der Waals surface area contributed by atoms with Gasteiger partial charge >= 0.3 is 0 Å². The molecular formula is C21H27N7. The van der Waals surface area contributed by atoms with Gasteiger partial charge in [-0.3, -0.25) is 4.90 Å². The molecule has 7 nitrogen and oxygen atoms in total. The van der Waals surface area contributed by atoms with Gasteiger partial charge < -0.3 is 4.90 Å². The number of hydrogen-bond acceptors (Lipinski definition) is 6. The van der Waals surface area contributed by atoms with Crippen LogP contribution in [0.4, 0.5) is 5.82 Å². The van der Waals surface area contributed by atoms with Crippen LogP contribution in [0.15, 0.2) is 54.7 Å². The van der Waals surface area contributed by atoms with Gasteiger partial charge in [-0.1, -0.05) is 36.4 Å². The Morgan fingerprint density at radius 2 is 1.61 bits per heavy atom. The predicted molar refractivity (Wildman–Crippen MR) is 109 cm³/mol. The molecule has 2 aromatic heterocycles. The minimum absolute atomic E-state index is 0.0290. The quantitative estimate of drug-likeness (QED) is 0.697. The second-order valence-electron chi connectivity index (χ2n) is 8.14. The van der Waals surface area contributed by atoms with Gasteiger partial charge in [-0.25, -0.2) is 9.67 Å². The molecule has 0 aliphatic carbocycles. The summed E-state index contributed by atoms with van der Waals surface area (Å²) in [7, 11) is 0. The van der Waals surface area contributed by atoms with Crippen molar-refractivity contribution in [1.82, 2.24) is 30.1 Å². The number of nitrogens with zero attached hydrogens (tertiary/aromatic N) is 7. The maximum Gasteiger partial charge on any atom is 0.173 e. The van der Waals surface area contributed by atoms with Crippen molar-refractivity contribution in [1.29, 1.82) is 0 Å². The van der Waals surface area contributed by atoms with Crippen molar-refractivity contribution in [2.24, 2.45) is 0 Å². The van der Waals surface area contributed by atoms with Crippen molar-refractivity contribution < 1.29 is 0 Å². The van der Waals surface area contributed by atoms with E-state index in [1.807, 2.05) is 29.1 Å². The summed E-state index contributed by atoms with van der Waals surface area (Å²) in [6.45, 7) is 10.1. The summed E-state index contributed by atoms with van der Waals surface area (Å²) in [6.07, 6.45) is 1.85. The topological polar surface area (TPSA) is 63.0 Å². The molecule has 1 aliphatic rings. The highest BCUT2D eigenvalue weighted by Crippen LogP contribution is 2.30. The number of hydrogen-bond donors (Lipinski definition) is 0. The Labute approximate surface area is 166 Å². The zero-order valence-electron chi connectivity index (χ0n) is 16.7. The Morgan fingerprint density at radius 1 is 0.893 bits per heavy atom. The van der Waals surface area contributed by atoms with Gasteiger partial charge in [0.1, 0.15) is 5.82 Å². The van der Waals surface area contributed by atoms with Crippen LogP contribution < -0.4 is 4.90 Å². The zero-order chi connectivity index (χ0) is 19.6. The molecule has 0 amide bonds. The van der Waals surface area contributed by atoms with Crippen molar-refractivity contribution in [3.05, 3.63) is 66.1 Å². The minimum atomic E-state index is -0.179. The van der Waals surface area contributed by atoms with Gasteiger partial charge in [-0.2, -0.15) is 0 Å². The van der Waals surface area contributed by atoms with E-state index in [0.717, 1.165) is 37.8 Å². The van der Waals surface area contributed by atoms with E-state index in [1.165, 1.54) is 5.56 Å². The lowest BCUT2D eigenvalue weighted by atomic mass is 10.0. The molecule has 28 heavy (non-hydrogen) atoms. The predicted octanol–water partition coefficient (Wildman–Crippen LogP) is 2.73. The third-order valence-electron chi connectivity index (χ3n) is 5.14. The summed E-state index contributed by atoms with van der Waals surface area (Å²) in [4.78, 5) is 9.31. The Hall–Kier alpha value is -2.80. The highest BCUT2D eigenvalue weighted by atomic mass is 15.6. The van der Waals surface area contributed by atoms with Crippen molar-refractivity contribution in [2.45, 2.75) is 32.4 Å². The van der Waals surface area contributed by atoms with Crippen LogP contribution in [0.1, 0.15) is 38.2 Å². The molecule has 1 saturated heterocycles. The molecule has 7 heteroatoms. The number of benzene rings is 1. The molecule has 1 aromatic carbocycles. The molecule has 0 saturated carbocycles. The first-order valence-corrected chi connectivity index (χ1v) is 9.78. The summed E-state index contributed by atoms with van der Waals surface area (Å²) in [5, 5.41) is 12.8. The van der Waals surface area contributed by atoms with E-state index < -0.39 is 0 Å². The first-order valence-electron chi connectivity index (χ1n) is 9.78. The lowest BCUT2D eigenvalue weighted by Gasteiger charge is -2.40. The smallest absolute Gasteiger partial charge is 0.173 e. The maximum absolute atomic E-state index is 4.50. The summed E-state index contributed by atoms with van der Waals surface area (Å²) in [5.41, 5.74) is 1.04. The van der Waals surface area contributed by atoms with Gasteiger partial charge in [0, 0.05) is 32.4 Å². The fraction of sp³-hybridized carbons (Fsp3) is 0.429. The van der Waals surface area contributed by atoms with Gasteiger partial charge in [-0.05, 0) is 48.9 Å². The highest BCUT2D eigenvalue weighted by Gasteiger charge is 2.33. The van der Waals surface area contributed by atoms with Crippen LogP contribution in [-0.4, -0.2) is 56.3 Å². The summed E-state index contributed by atoms with van der Waals surface area (Å²) in [5.74, 6) is 1.93. The summed E-state index contributed by atoms with van der Waals surface area (Å²) in [6, 6.07) is 16.6. The van der Waals surface area contributed by atoms with E-state index in [-0.39, 0.29) is 11.6 Å². The van der Waals surface area contributed by atoms with Crippen molar-refractivity contribution in [2.75, 3.05) is 31.1 Å². The van der Waals surface area contributed by atoms with Gasteiger partial charge in [0.05, 0.1) is 11.6 Å². The van der Waals surface area contributed by atoms with Gasteiger partial charge in [0.25, 0.3) is 0 Å². The summed E-state index contributed by atoms with van der Waals surface area (Å²) >= 11 is 0. The normalized spacial score (nSPS) is 16.9. The van der Waals surface area contributed by atoms with E-state index in [1.54, 1.807) is 0 Å². The van der Waals surface area contributed by atoms with Crippen LogP contribution in [0.2, 0.25) is 0 Å². The number of piperazine rings is 1. The molecule has 146 valence electrons. The molecule has 0 radical (unpaired) electrons. The molecule has 1 fully saturated rings. The van der Waals surface area contributed by atoms with Crippen molar-refractivity contribution in [3.63, 3.8) is 0 Å². The minimum Gasteiger partial charge on any atom is -0.354 e. The largest absolute Gasteiger partial charge is 0.354 e. The molecular weight excluding hydrogens is 350 g/mol. The van der Waals surface area contributed by atoms with Crippen LogP contribution in [0.25, 0.3) is 0 Å². The highest BCUT2D eigenvalue weighted by molar-refractivity contribution is 5.38. The molecule has 0 spiro atoms. The van der Waals surface area contributed by atoms with Crippen LogP contribution in [0.5, 0.6) is 0 Å². The molecule has 1 aliphatic heterocycles. The Morgan fingerprint density at radius 3 is 2.25 bits per heavy atom. The van der Waals surface area contributed by atoms with Gasteiger partial charge in [0.15, 0.2) is 5.82 Å². The van der Waals surface area contributed by atoms with Crippen LogP contribution in [0, 0.1) is 0 Å². The monoisotopic (exact) mass is 377 g/mol. The average molecular weight is 377 g/mol. The van der Waals surface area contributed by atoms with E-state index in [0.29, 0.717) is 0 Å². The average Bonchev–Trinajstić information content (AvgIpc) is 3.20. The molecule has 0 N–H and O–H groups in total. The molecule has 3 heterocycles. The Kier molecular flexibility index (Phi) is 5.09. The van der Waals surface area contributed by atoms with Gasteiger partial charge in [0.2, 0.25) is 0 Å². The van der Waals surface area contributed by atoms with Crippen LogP contribution in [0.3, 0.4) is 0 Å². The fourth-order valence-corrected chi connectivity index (χ4v) is 3.75. The van der Waals surface area contributed by atoms with Crippen LogP contribution in [-0.2, 0) is 5.54 Å². The van der Waals surface area contributed by atoms with Crippen molar-refractivity contribution >= 4 is 5.82 Å². The van der Waals surface area contributed by atoms with E-state index in [9.17, 15) is 0 Å². The number of aromatic nitrogens is 5. The molecule has 0 bridgehead atoms. The summed E-state index contributed by atoms with van der Waals surface area (Å²) < 4.78 is 1.95. The SMILES string of the molecule is CC(C)(C)n1nnnc1C(c1ccccc1)N1CCN(c2ccccn2)CC1. The third kappa shape index (κ3) is 3.75. The Bertz CT molecular complexity index is 878. The number of anilines is 1. The second kappa shape index (κ2) is 7.67. The lowest BCUT2D eigenvalue weighted by Crippen LogP contribution is -2.49. The standard InChI is InChI=1S/C21H27N7/c1-21(2,3)28-20(23-24-25-28)19(17-9-5-4-6-10-17)27-15-13-26(14-16-27)18-11-7-8-12-22-18/h4-12,19H,13-16H2,1-3H3. The first kappa shape index (κ1) is 18.6. The maximum atomic E-state index is 4.50. The van der Waals surface area contributed by atoms with E-state index >= 15 is 0 Å². The number of tetrazole rings is 1. The molecule has 3 aromatic rings. The Balaban J connectivity index is 1.62. The van der Waals surface area contributed by atoms with Gasteiger partial charge in [-0.15, -0.1) is 5.10 Å². The van der Waals surface area contributed by atoms with Crippen molar-refractivity contribution in [3.8, 4) is 0 Å². The molecule has 1 atom stereocenters. The first-order chi connectivity index (χ1) is 13.5. The molecule has 4 rings (SSSR count). The fourth-order valence-electron chi connectivity index (χ4n) is 3.75. The van der Waals surface area contributed by atoms with E-state index in [4.69, 9.17) is 0 Å². The number of pyridine rings is 1. The van der Waals surface area contributed by atoms with E-state index in [2.05, 4.69) is 81.4 Å².